The van der Waals surface area contributed by atoms with E-state index in [4.69, 9.17) is 16.9 Å². The van der Waals surface area contributed by atoms with Crippen molar-refractivity contribution in [2.24, 2.45) is 0 Å². The number of pyridine rings is 1. The van der Waals surface area contributed by atoms with Gasteiger partial charge in [-0.25, -0.2) is 0 Å². The maximum atomic E-state index is 8.67. The lowest BCUT2D eigenvalue weighted by Crippen LogP contribution is -1.91. The summed E-state index contributed by atoms with van der Waals surface area (Å²) < 4.78 is 0. The molecule has 0 bridgehead atoms. The first kappa shape index (κ1) is 10.7. The fourth-order valence-electron chi connectivity index (χ4n) is 1.42. The lowest BCUT2D eigenvalue weighted by molar-refractivity contribution is 1.07. The predicted octanol–water partition coefficient (Wildman–Crippen LogP) is 3.20. The molecule has 2 rings (SSSR count). The summed E-state index contributed by atoms with van der Waals surface area (Å²) in [6, 6.07) is 13.3. The van der Waals surface area contributed by atoms with Crippen LogP contribution >= 0.6 is 11.6 Å². The van der Waals surface area contributed by atoms with Crippen molar-refractivity contribution in [1.29, 1.82) is 5.26 Å². The monoisotopic (exact) mass is 228 g/mol. The molecule has 0 N–H and O–H groups in total. The predicted molar refractivity (Wildman–Crippen MR) is 63.2 cm³/mol. The molecule has 0 spiro atoms. The molecule has 78 valence electrons. The van der Waals surface area contributed by atoms with Gasteiger partial charge >= 0.3 is 0 Å². The Kier molecular flexibility index (Phi) is 3.19. The molecule has 0 saturated heterocycles. The zero-order chi connectivity index (χ0) is 11.4. The van der Waals surface area contributed by atoms with Gasteiger partial charge < -0.3 is 0 Å². The Morgan fingerprint density at radius 3 is 2.44 bits per heavy atom. The summed E-state index contributed by atoms with van der Waals surface area (Å²) in [4.78, 5) is 4.22. The smallest absolute Gasteiger partial charge is 0.0991 e. The molecule has 0 radical (unpaired) electrons. The zero-order valence-electron chi connectivity index (χ0n) is 8.52. The number of halogens is 1. The van der Waals surface area contributed by atoms with Gasteiger partial charge in [0.05, 0.1) is 16.7 Å². The van der Waals surface area contributed by atoms with Gasteiger partial charge in [0.2, 0.25) is 0 Å². The second-order valence-electron chi connectivity index (χ2n) is 3.45. The molecular formula is C13H9ClN2. The number of aromatic nitrogens is 1. The summed E-state index contributed by atoms with van der Waals surface area (Å²) >= 11 is 5.76. The van der Waals surface area contributed by atoms with Crippen LogP contribution in [0.15, 0.2) is 42.6 Å². The number of benzene rings is 1. The first-order valence-corrected chi connectivity index (χ1v) is 5.25. The van der Waals surface area contributed by atoms with E-state index in [1.807, 2.05) is 36.4 Å². The molecule has 0 amide bonds. The van der Waals surface area contributed by atoms with E-state index < -0.39 is 0 Å². The Morgan fingerprint density at radius 2 is 1.88 bits per heavy atom. The molecule has 2 nitrogen and oxygen atoms in total. The minimum Gasteiger partial charge on any atom is -0.259 e. The normalized spacial score (nSPS) is 9.75. The second-order valence-corrected chi connectivity index (χ2v) is 3.89. The van der Waals surface area contributed by atoms with E-state index in [-0.39, 0.29) is 0 Å². The molecule has 1 aromatic carbocycles. The first-order chi connectivity index (χ1) is 7.78. The van der Waals surface area contributed by atoms with Crippen molar-refractivity contribution in [3.05, 3.63) is 64.4 Å². The van der Waals surface area contributed by atoms with Gasteiger partial charge in [-0.1, -0.05) is 23.7 Å². The molecule has 3 heteroatoms. The van der Waals surface area contributed by atoms with Crippen molar-refractivity contribution in [1.82, 2.24) is 4.98 Å². The van der Waals surface area contributed by atoms with Crippen LogP contribution in [0, 0.1) is 11.3 Å². The average molecular weight is 229 g/mol. The highest BCUT2D eigenvalue weighted by molar-refractivity contribution is 6.30. The molecule has 1 heterocycles. The van der Waals surface area contributed by atoms with Crippen LogP contribution in [0.2, 0.25) is 5.02 Å². The molecule has 2 aromatic rings. The molecule has 16 heavy (non-hydrogen) atoms. The van der Waals surface area contributed by atoms with Crippen LogP contribution in [-0.2, 0) is 6.42 Å². The molecule has 0 aliphatic heterocycles. The van der Waals surface area contributed by atoms with E-state index in [2.05, 4.69) is 11.1 Å². The van der Waals surface area contributed by atoms with Gasteiger partial charge in [-0.2, -0.15) is 5.26 Å². The van der Waals surface area contributed by atoms with Crippen molar-refractivity contribution in [2.45, 2.75) is 6.42 Å². The van der Waals surface area contributed by atoms with E-state index in [0.29, 0.717) is 10.6 Å². The molecular weight excluding hydrogens is 220 g/mol. The van der Waals surface area contributed by atoms with Gasteiger partial charge in [-0.05, 0) is 29.8 Å². The van der Waals surface area contributed by atoms with Gasteiger partial charge in [-0.15, -0.1) is 0 Å². The molecule has 0 unspecified atom stereocenters. The first-order valence-electron chi connectivity index (χ1n) is 4.87. The van der Waals surface area contributed by atoms with Crippen molar-refractivity contribution in [3.63, 3.8) is 0 Å². The lowest BCUT2D eigenvalue weighted by Gasteiger charge is -2.01. The Labute approximate surface area is 99.1 Å². The second kappa shape index (κ2) is 4.78. The summed E-state index contributed by atoms with van der Waals surface area (Å²) in [7, 11) is 0. The maximum Gasteiger partial charge on any atom is 0.0991 e. The van der Waals surface area contributed by atoms with Gasteiger partial charge in [-0.3, -0.25) is 4.98 Å². The van der Waals surface area contributed by atoms with Gasteiger partial charge in [0.1, 0.15) is 0 Å². The fraction of sp³-hybridized carbons (Fsp3) is 0.0769. The van der Waals surface area contributed by atoms with Crippen molar-refractivity contribution < 1.29 is 0 Å². The third kappa shape index (κ3) is 2.59. The number of hydrogen-bond acceptors (Lipinski definition) is 2. The third-order valence-electron chi connectivity index (χ3n) is 2.26. The van der Waals surface area contributed by atoms with E-state index >= 15 is 0 Å². The molecule has 0 aliphatic carbocycles. The zero-order valence-corrected chi connectivity index (χ0v) is 9.28. The molecule has 0 saturated carbocycles. The standard InChI is InChI=1S/C13H9ClN2/c14-12-5-6-13(16-9-12)7-10-1-3-11(8-15)4-2-10/h1-6,9H,7H2. The van der Waals surface area contributed by atoms with Crippen LogP contribution in [0.25, 0.3) is 0 Å². The summed E-state index contributed by atoms with van der Waals surface area (Å²) in [6.07, 6.45) is 2.39. The fourth-order valence-corrected chi connectivity index (χ4v) is 1.53. The van der Waals surface area contributed by atoms with Crippen molar-refractivity contribution >= 4 is 11.6 Å². The number of nitrogens with zero attached hydrogens (tertiary/aromatic N) is 2. The lowest BCUT2D eigenvalue weighted by atomic mass is 10.1. The Balaban J connectivity index is 2.15. The molecule has 0 aliphatic rings. The topological polar surface area (TPSA) is 36.7 Å². The summed E-state index contributed by atoms with van der Waals surface area (Å²) in [6.45, 7) is 0. The van der Waals surface area contributed by atoms with E-state index in [1.165, 1.54) is 0 Å². The quantitative estimate of drug-likeness (QED) is 0.792. The molecule has 0 atom stereocenters. The number of nitriles is 1. The summed E-state index contributed by atoms with van der Waals surface area (Å²) in [5.74, 6) is 0. The van der Waals surface area contributed by atoms with Crippen LogP contribution < -0.4 is 0 Å². The van der Waals surface area contributed by atoms with Crippen LogP contribution in [-0.4, -0.2) is 4.98 Å². The largest absolute Gasteiger partial charge is 0.259 e. The Bertz CT molecular complexity index is 509. The minimum atomic E-state index is 0.642. The van der Waals surface area contributed by atoms with E-state index in [1.54, 1.807) is 6.20 Å². The maximum absolute atomic E-state index is 8.67. The highest BCUT2D eigenvalue weighted by Gasteiger charge is 1.98. The highest BCUT2D eigenvalue weighted by Crippen LogP contribution is 2.11. The van der Waals surface area contributed by atoms with E-state index in [0.717, 1.165) is 17.7 Å². The Morgan fingerprint density at radius 1 is 1.12 bits per heavy atom. The van der Waals surface area contributed by atoms with Crippen LogP contribution in [0.3, 0.4) is 0 Å². The third-order valence-corrected chi connectivity index (χ3v) is 2.48. The summed E-state index contributed by atoms with van der Waals surface area (Å²) in [5, 5.41) is 9.31. The molecule has 0 fully saturated rings. The number of rotatable bonds is 2. The summed E-state index contributed by atoms with van der Waals surface area (Å²) in [5.41, 5.74) is 2.77. The van der Waals surface area contributed by atoms with Crippen molar-refractivity contribution in [2.75, 3.05) is 0 Å². The van der Waals surface area contributed by atoms with Crippen LogP contribution in [0.1, 0.15) is 16.8 Å². The highest BCUT2D eigenvalue weighted by atomic mass is 35.5. The van der Waals surface area contributed by atoms with E-state index in [9.17, 15) is 0 Å². The van der Waals surface area contributed by atoms with Gasteiger partial charge in [0, 0.05) is 18.3 Å². The average Bonchev–Trinajstić information content (AvgIpc) is 2.33. The Hall–Kier alpha value is -1.85. The minimum absolute atomic E-state index is 0.642. The van der Waals surface area contributed by atoms with Crippen LogP contribution in [0.4, 0.5) is 0 Å². The number of hydrogen-bond donors (Lipinski definition) is 0. The van der Waals surface area contributed by atoms with Gasteiger partial charge in [0.25, 0.3) is 0 Å². The van der Waals surface area contributed by atoms with Crippen LogP contribution in [0.5, 0.6) is 0 Å². The molecule has 1 aromatic heterocycles. The van der Waals surface area contributed by atoms with Gasteiger partial charge in [0.15, 0.2) is 0 Å². The van der Waals surface area contributed by atoms with Crippen molar-refractivity contribution in [3.8, 4) is 6.07 Å². The SMILES string of the molecule is N#Cc1ccc(Cc2ccc(Cl)cn2)cc1.